The summed E-state index contributed by atoms with van der Waals surface area (Å²) < 4.78 is 14.4. The van der Waals surface area contributed by atoms with Crippen molar-refractivity contribution < 1.29 is 14.3 Å². The maximum Gasteiger partial charge on any atom is 0.341 e. The summed E-state index contributed by atoms with van der Waals surface area (Å²) in [5.41, 5.74) is 2.36. The first-order chi connectivity index (χ1) is 9.56. The molecule has 3 aromatic rings. The van der Waals surface area contributed by atoms with Crippen molar-refractivity contribution in [2.45, 2.75) is 6.92 Å². The largest absolute Gasteiger partial charge is 0.477 e. The van der Waals surface area contributed by atoms with Gasteiger partial charge in [-0.15, -0.1) is 0 Å². The average Bonchev–Trinajstić information content (AvgIpc) is 2.84. The number of halogens is 1. The second-order valence-corrected chi connectivity index (χ2v) is 4.39. The van der Waals surface area contributed by atoms with Gasteiger partial charge in [0.15, 0.2) is 5.65 Å². The fourth-order valence-electron chi connectivity index (χ4n) is 2.03. The maximum atomic E-state index is 12.9. The van der Waals surface area contributed by atoms with Crippen molar-refractivity contribution in [1.29, 1.82) is 0 Å². The monoisotopic (exact) mass is 271 g/mol. The van der Waals surface area contributed by atoms with Crippen LogP contribution in [0.4, 0.5) is 4.39 Å². The summed E-state index contributed by atoms with van der Waals surface area (Å²) in [7, 11) is 0. The molecule has 0 aliphatic heterocycles. The second-order valence-electron chi connectivity index (χ2n) is 4.39. The van der Waals surface area contributed by atoms with Gasteiger partial charge in [-0.2, -0.15) is 5.10 Å². The SMILES string of the molecule is Cc1cc(-c2ccc(F)cc2)nc2c(C(=O)O)cnn12. The van der Waals surface area contributed by atoms with Gasteiger partial charge in [0.25, 0.3) is 0 Å². The number of aromatic nitrogens is 3. The summed E-state index contributed by atoms with van der Waals surface area (Å²) >= 11 is 0. The molecule has 2 heterocycles. The quantitative estimate of drug-likeness (QED) is 0.777. The molecule has 0 saturated carbocycles. The molecule has 100 valence electrons. The van der Waals surface area contributed by atoms with E-state index in [2.05, 4.69) is 10.1 Å². The van der Waals surface area contributed by atoms with Crippen LogP contribution in [0.2, 0.25) is 0 Å². The van der Waals surface area contributed by atoms with Gasteiger partial charge in [-0.1, -0.05) is 0 Å². The number of carboxylic acid groups (broad SMARTS) is 1. The fourth-order valence-corrected chi connectivity index (χ4v) is 2.03. The lowest BCUT2D eigenvalue weighted by Gasteiger charge is -2.05. The summed E-state index contributed by atoms with van der Waals surface area (Å²) in [6.07, 6.45) is 1.27. The van der Waals surface area contributed by atoms with E-state index in [1.807, 2.05) is 0 Å². The van der Waals surface area contributed by atoms with Crippen molar-refractivity contribution in [3.05, 3.63) is 53.6 Å². The first kappa shape index (κ1) is 12.3. The number of aryl methyl sites for hydroxylation is 1. The summed E-state index contributed by atoms with van der Waals surface area (Å²) in [5.74, 6) is -1.41. The third-order valence-corrected chi connectivity index (χ3v) is 3.02. The molecule has 0 amide bonds. The Hall–Kier alpha value is -2.76. The highest BCUT2D eigenvalue weighted by molar-refractivity contribution is 5.94. The topological polar surface area (TPSA) is 67.5 Å². The van der Waals surface area contributed by atoms with Gasteiger partial charge in [0, 0.05) is 11.3 Å². The van der Waals surface area contributed by atoms with E-state index in [1.165, 1.54) is 22.8 Å². The van der Waals surface area contributed by atoms with E-state index in [4.69, 9.17) is 5.11 Å². The highest BCUT2D eigenvalue weighted by atomic mass is 19.1. The van der Waals surface area contributed by atoms with Crippen LogP contribution in [0.3, 0.4) is 0 Å². The van der Waals surface area contributed by atoms with Crippen LogP contribution in [0.5, 0.6) is 0 Å². The Kier molecular flexibility index (Phi) is 2.71. The molecule has 5 nitrogen and oxygen atoms in total. The average molecular weight is 271 g/mol. The van der Waals surface area contributed by atoms with Crippen LogP contribution in [-0.2, 0) is 0 Å². The Bertz CT molecular complexity index is 809. The lowest BCUT2D eigenvalue weighted by atomic mass is 10.1. The zero-order valence-corrected chi connectivity index (χ0v) is 10.5. The van der Waals surface area contributed by atoms with Gasteiger partial charge in [0.1, 0.15) is 11.4 Å². The molecule has 3 rings (SSSR count). The van der Waals surface area contributed by atoms with Gasteiger partial charge in [0.05, 0.1) is 11.9 Å². The van der Waals surface area contributed by atoms with Crippen molar-refractivity contribution in [3.8, 4) is 11.3 Å². The summed E-state index contributed by atoms with van der Waals surface area (Å²) in [4.78, 5) is 15.5. The molecule has 0 fully saturated rings. The molecule has 0 spiro atoms. The van der Waals surface area contributed by atoms with Gasteiger partial charge in [0.2, 0.25) is 0 Å². The molecule has 0 unspecified atom stereocenters. The fraction of sp³-hybridized carbons (Fsp3) is 0.0714. The molecule has 1 aromatic carbocycles. The Morgan fingerprint density at radius 3 is 2.65 bits per heavy atom. The van der Waals surface area contributed by atoms with Crippen molar-refractivity contribution in [3.63, 3.8) is 0 Å². The number of carboxylic acids is 1. The first-order valence-electron chi connectivity index (χ1n) is 5.91. The van der Waals surface area contributed by atoms with Crippen molar-refractivity contribution in [2.24, 2.45) is 0 Å². The molecular formula is C14H10FN3O2. The minimum atomic E-state index is -1.08. The van der Waals surface area contributed by atoms with Crippen molar-refractivity contribution >= 4 is 11.6 Å². The van der Waals surface area contributed by atoms with Crippen LogP contribution in [0.25, 0.3) is 16.9 Å². The number of aromatic carboxylic acids is 1. The van der Waals surface area contributed by atoms with E-state index in [0.29, 0.717) is 5.69 Å². The number of rotatable bonds is 2. The van der Waals surface area contributed by atoms with E-state index in [1.54, 1.807) is 25.1 Å². The molecule has 0 aliphatic carbocycles. The normalized spacial score (nSPS) is 10.9. The molecule has 6 heteroatoms. The lowest BCUT2D eigenvalue weighted by molar-refractivity contribution is 0.0699. The summed E-state index contributed by atoms with van der Waals surface area (Å²) in [6, 6.07) is 7.66. The minimum Gasteiger partial charge on any atom is -0.477 e. The van der Waals surface area contributed by atoms with Crippen LogP contribution in [0.15, 0.2) is 36.5 Å². The molecule has 0 atom stereocenters. The molecule has 0 bridgehead atoms. The standard InChI is InChI=1S/C14H10FN3O2/c1-8-6-12(9-2-4-10(15)5-3-9)17-13-11(14(19)20)7-16-18(8)13/h2-7H,1H3,(H,19,20). The number of hydrogen-bond acceptors (Lipinski definition) is 3. The Labute approximate surface area is 113 Å². The smallest absolute Gasteiger partial charge is 0.341 e. The van der Waals surface area contributed by atoms with Crippen LogP contribution in [0, 0.1) is 12.7 Å². The van der Waals surface area contributed by atoms with Crippen molar-refractivity contribution in [1.82, 2.24) is 14.6 Å². The summed E-state index contributed by atoms with van der Waals surface area (Å²) in [5, 5.41) is 13.1. The van der Waals surface area contributed by atoms with Crippen LogP contribution in [-0.4, -0.2) is 25.7 Å². The van der Waals surface area contributed by atoms with E-state index in [-0.39, 0.29) is 17.0 Å². The number of nitrogens with zero attached hydrogens (tertiary/aromatic N) is 3. The third-order valence-electron chi connectivity index (χ3n) is 3.02. The number of fused-ring (bicyclic) bond motifs is 1. The molecular weight excluding hydrogens is 261 g/mol. The molecule has 0 aliphatic rings. The van der Waals surface area contributed by atoms with Gasteiger partial charge < -0.3 is 5.11 Å². The number of hydrogen-bond donors (Lipinski definition) is 1. The zero-order chi connectivity index (χ0) is 14.3. The predicted octanol–water partition coefficient (Wildman–Crippen LogP) is 2.54. The number of carbonyl (C=O) groups is 1. The highest BCUT2D eigenvalue weighted by Crippen LogP contribution is 2.21. The van der Waals surface area contributed by atoms with Crippen LogP contribution < -0.4 is 0 Å². The summed E-state index contributed by atoms with van der Waals surface area (Å²) in [6.45, 7) is 1.81. The molecule has 20 heavy (non-hydrogen) atoms. The van der Waals surface area contributed by atoms with E-state index in [9.17, 15) is 9.18 Å². The van der Waals surface area contributed by atoms with Gasteiger partial charge in [-0.05, 0) is 37.3 Å². The Morgan fingerprint density at radius 1 is 1.30 bits per heavy atom. The first-order valence-corrected chi connectivity index (χ1v) is 5.91. The van der Waals surface area contributed by atoms with E-state index < -0.39 is 5.97 Å². The van der Waals surface area contributed by atoms with Gasteiger partial charge in [-0.3, -0.25) is 0 Å². The Morgan fingerprint density at radius 2 is 2.00 bits per heavy atom. The highest BCUT2D eigenvalue weighted by Gasteiger charge is 2.15. The van der Waals surface area contributed by atoms with Crippen molar-refractivity contribution in [2.75, 3.05) is 0 Å². The zero-order valence-electron chi connectivity index (χ0n) is 10.5. The Balaban J connectivity index is 2.24. The van der Waals surface area contributed by atoms with E-state index in [0.717, 1.165) is 11.3 Å². The maximum absolute atomic E-state index is 12.9. The third kappa shape index (κ3) is 1.91. The second kappa shape index (κ2) is 4.41. The lowest BCUT2D eigenvalue weighted by Crippen LogP contribution is -2.01. The number of benzene rings is 1. The molecule has 2 aromatic heterocycles. The van der Waals surface area contributed by atoms with E-state index >= 15 is 0 Å². The van der Waals surface area contributed by atoms with Crippen LogP contribution >= 0.6 is 0 Å². The molecule has 0 saturated heterocycles. The molecule has 1 N–H and O–H groups in total. The van der Waals surface area contributed by atoms with Crippen LogP contribution in [0.1, 0.15) is 16.1 Å². The van der Waals surface area contributed by atoms with Gasteiger partial charge in [-0.25, -0.2) is 18.7 Å². The molecule has 0 radical (unpaired) electrons. The van der Waals surface area contributed by atoms with Gasteiger partial charge >= 0.3 is 5.97 Å². The predicted molar refractivity (Wildman–Crippen MR) is 70.1 cm³/mol. The minimum absolute atomic E-state index is 0.0389.